The SMILES string of the molecule is CCOC(=O)[C@H](NC(C)=O)[C@H](O)c1ccc(C(C)C)cc1. The number of ether oxygens (including phenoxy) is 1. The quantitative estimate of drug-likeness (QED) is 0.786. The number of carbonyl (C=O) groups is 2. The molecule has 0 aromatic heterocycles. The van der Waals surface area contributed by atoms with Gasteiger partial charge in [-0.1, -0.05) is 38.1 Å². The molecule has 1 amide bonds. The number of aliphatic hydroxyl groups excluding tert-OH is 1. The van der Waals surface area contributed by atoms with Gasteiger partial charge in [0.15, 0.2) is 6.04 Å². The van der Waals surface area contributed by atoms with Gasteiger partial charge in [-0.3, -0.25) is 4.79 Å². The van der Waals surface area contributed by atoms with Crippen LogP contribution in [-0.2, 0) is 14.3 Å². The molecular formula is C16H23NO4. The van der Waals surface area contributed by atoms with E-state index in [1.165, 1.54) is 6.92 Å². The fourth-order valence-corrected chi connectivity index (χ4v) is 1.99. The molecule has 0 spiro atoms. The third-order valence-electron chi connectivity index (χ3n) is 3.16. The molecule has 1 aromatic rings. The van der Waals surface area contributed by atoms with Crippen molar-refractivity contribution in [1.29, 1.82) is 0 Å². The number of nitrogens with one attached hydrogen (secondary N) is 1. The third kappa shape index (κ3) is 4.86. The number of aliphatic hydroxyl groups is 1. The van der Waals surface area contributed by atoms with Crippen molar-refractivity contribution < 1.29 is 19.4 Å². The highest BCUT2D eigenvalue weighted by Gasteiger charge is 2.30. The van der Waals surface area contributed by atoms with E-state index >= 15 is 0 Å². The van der Waals surface area contributed by atoms with Crippen LogP contribution in [0.4, 0.5) is 0 Å². The Morgan fingerprint density at radius 2 is 1.71 bits per heavy atom. The van der Waals surface area contributed by atoms with Crippen molar-refractivity contribution >= 4 is 11.9 Å². The second kappa shape index (κ2) is 7.78. The number of benzene rings is 1. The molecule has 2 N–H and O–H groups in total. The summed E-state index contributed by atoms with van der Waals surface area (Å²) in [5.41, 5.74) is 1.70. The van der Waals surface area contributed by atoms with E-state index in [2.05, 4.69) is 19.2 Å². The van der Waals surface area contributed by atoms with Gasteiger partial charge in [-0.15, -0.1) is 0 Å². The lowest BCUT2D eigenvalue weighted by Crippen LogP contribution is -2.45. The van der Waals surface area contributed by atoms with E-state index in [4.69, 9.17) is 4.74 Å². The molecule has 1 aromatic carbocycles. The van der Waals surface area contributed by atoms with Crippen LogP contribution in [0.15, 0.2) is 24.3 Å². The smallest absolute Gasteiger partial charge is 0.331 e. The van der Waals surface area contributed by atoms with Gasteiger partial charge in [0.1, 0.15) is 6.10 Å². The molecule has 0 bridgehead atoms. The molecule has 0 unspecified atom stereocenters. The van der Waals surface area contributed by atoms with Crippen molar-refractivity contribution in [3.63, 3.8) is 0 Å². The van der Waals surface area contributed by atoms with E-state index in [-0.39, 0.29) is 6.61 Å². The van der Waals surface area contributed by atoms with Crippen LogP contribution < -0.4 is 5.32 Å². The van der Waals surface area contributed by atoms with Gasteiger partial charge in [-0.25, -0.2) is 4.79 Å². The molecule has 21 heavy (non-hydrogen) atoms. The fourth-order valence-electron chi connectivity index (χ4n) is 1.99. The third-order valence-corrected chi connectivity index (χ3v) is 3.16. The van der Waals surface area contributed by atoms with Gasteiger partial charge < -0.3 is 15.2 Å². The Morgan fingerprint density at radius 3 is 2.14 bits per heavy atom. The zero-order valence-electron chi connectivity index (χ0n) is 12.9. The van der Waals surface area contributed by atoms with Crippen molar-refractivity contribution in [1.82, 2.24) is 5.32 Å². The average molecular weight is 293 g/mol. The van der Waals surface area contributed by atoms with Gasteiger partial charge in [0.2, 0.25) is 5.91 Å². The normalized spacial score (nSPS) is 13.6. The van der Waals surface area contributed by atoms with Crippen molar-refractivity contribution in [3.8, 4) is 0 Å². The molecule has 0 saturated carbocycles. The molecule has 0 fully saturated rings. The first-order chi connectivity index (χ1) is 9.86. The predicted molar refractivity (Wildman–Crippen MR) is 79.7 cm³/mol. The summed E-state index contributed by atoms with van der Waals surface area (Å²) in [6.45, 7) is 7.30. The van der Waals surface area contributed by atoms with Gasteiger partial charge in [-0.05, 0) is 24.0 Å². The monoisotopic (exact) mass is 293 g/mol. The summed E-state index contributed by atoms with van der Waals surface area (Å²) in [6, 6.07) is 6.22. The molecule has 5 nitrogen and oxygen atoms in total. The highest BCUT2D eigenvalue weighted by atomic mass is 16.5. The van der Waals surface area contributed by atoms with E-state index in [9.17, 15) is 14.7 Å². The molecule has 1 rings (SSSR count). The molecule has 0 heterocycles. The lowest BCUT2D eigenvalue weighted by molar-refractivity contribution is -0.150. The Kier molecular flexibility index (Phi) is 6.37. The first-order valence-corrected chi connectivity index (χ1v) is 7.08. The summed E-state index contributed by atoms with van der Waals surface area (Å²) in [4.78, 5) is 23.1. The average Bonchev–Trinajstić information content (AvgIpc) is 2.44. The van der Waals surface area contributed by atoms with Gasteiger partial charge in [0.25, 0.3) is 0 Å². The van der Waals surface area contributed by atoms with Gasteiger partial charge in [0.05, 0.1) is 6.61 Å². The Balaban J connectivity index is 2.95. The minimum absolute atomic E-state index is 0.188. The summed E-state index contributed by atoms with van der Waals surface area (Å²) in [5, 5.41) is 12.8. The van der Waals surface area contributed by atoms with Crippen LogP contribution in [0.2, 0.25) is 0 Å². The van der Waals surface area contributed by atoms with E-state index in [1.807, 2.05) is 12.1 Å². The Labute approximate surface area is 125 Å². The maximum Gasteiger partial charge on any atom is 0.331 e. The molecular weight excluding hydrogens is 270 g/mol. The number of hydrogen-bond donors (Lipinski definition) is 2. The first kappa shape index (κ1) is 17.2. The highest BCUT2D eigenvalue weighted by Crippen LogP contribution is 2.21. The lowest BCUT2D eigenvalue weighted by atomic mass is 9.97. The number of hydrogen-bond acceptors (Lipinski definition) is 4. The number of rotatable bonds is 6. The maximum atomic E-state index is 11.9. The second-order valence-electron chi connectivity index (χ2n) is 5.20. The summed E-state index contributed by atoms with van der Waals surface area (Å²) >= 11 is 0. The standard InChI is InChI=1S/C16H23NO4/c1-5-21-16(20)14(17-11(4)18)15(19)13-8-6-12(7-9-13)10(2)3/h6-10,14-15,19H,5H2,1-4H3,(H,17,18)/t14-,15-/m1/s1. The molecule has 116 valence electrons. The van der Waals surface area contributed by atoms with Crippen LogP contribution in [0.25, 0.3) is 0 Å². The topological polar surface area (TPSA) is 75.6 Å². The van der Waals surface area contributed by atoms with Crippen LogP contribution in [0.1, 0.15) is 50.8 Å². The number of carbonyl (C=O) groups excluding carboxylic acids is 2. The van der Waals surface area contributed by atoms with E-state index in [0.29, 0.717) is 11.5 Å². The van der Waals surface area contributed by atoms with E-state index < -0.39 is 24.0 Å². The summed E-state index contributed by atoms with van der Waals surface area (Å²) in [5.74, 6) is -0.661. The Morgan fingerprint density at radius 1 is 1.19 bits per heavy atom. The van der Waals surface area contributed by atoms with Crippen LogP contribution in [0, 0.1) is 0 Å². The Hall–Kier alpha value is -1.88. The zero-order chi connectivity index (χ0) is 16.0. The van der Waals surface area contributed by atoms with Crippen molar-refractivity contribution in [3.05, 3.63) is 35.4 Å². The van der Waals surface area contributed by atoms with Gasteiger partial charge in [-0.2, -0.15) is 0 Å². The van der Waals surface area contributed by atoms with Crippen LogP contribution in [0.5, 0.6) is 0 Å². The zero-order valence-corrected chi connectivity index (χ0v) is 12.9. The summed E-state index contributed by atoms with van der Waals surface area (Å²) < 4.78 is 4.90. The van der Waals surface area contributed by atoms with E-state index in [0.717, 1.165) is 5.56 Å². The summed E-state index contributed by atoms with van der Waals surface area (Å²) in [6.07, 6.45) is -1.14. The largest absolute Gasteiger partial charge is 0.464 e. The van der Waals surface area contributed by atoms with Gasteiger partial charge in [0, 0.05) is 6.92 Å². The molecule has 5 heteroatoms. The minimum atomic E-state index is -1.14. The summed E-state index contributed by atoms with van der Waals surface area (Å²) in [7, 11) is 0. The molecule has 0 aliphatic rings. The van der Waals surface area contributed by atoms with E-state index in [1.54, 1.807) is 19.1 Å². The first-order valence-electron chi connectivity index (χ1n) is 7.08. The van der Waals surface area contributed by atoms with Crippen LogP contribution in [0.3, 0.4) is 0 Å². The molecule has 0 aliphatic heterocycles. The van der Waals surface area contributed by atoms with Crippen molar-refractivity contribution in [2.45, 2.75) is 45.8 Å². The fraction of sp³-hybridized carbons (Fsp3) is 0.500. The van der Waals surface area contributed by atoms with Crippen LogP contribution >= 0.6 is 0 Å². The second-order valence-corrected chi connectivity index (χ2v) is 5.20. The number of esters is 1. The molecule has 0 radical (unpaired) electrons. The Bertz CT molecular complexity index is 482. The maximum absolute atomic E-state index is 11.9. The number of amides is 1. The molecule has 0 aliphatic carbocycles. The van der Waals surface area contributed by atoms with Crippen molar-refractivity contribution in [2.24, 2.45) is 0 Å². The lowest BCUT2D eigenvalue weighted by Gasteiger charge is -2.22. The highest BCUT2D eigenvalue weighted by molar-refractivity contribution is 5.84. The predicted octanol–water partition coefficient (Wildman–Crippen LogP) is 1.91. The molecule has 2 atom stereocenters. The van der Waals surface area contributed by atoms with Gasteiger partial charge >= 0.3 is 5.97 Å². The minimum Gasteiger partial charge on any atom is -0.464 e. The molecule has 0 saturated heterocycles. The van der Waals surface area contributed by atoms with Crippen LogP contribution in [-0.4, -0.2) is 29.6 Å². The van der Waals surface area contributed by atoms with Crippen molar-refractivity contribution in [2.75, 3.05) is 6.61 Å².